The van der Waals surface area contributed by atoms with Crippen molar-refractivity contribution in [1.82, 2.24) is 4.90 Å². The molecule has 0 spiro atoms. The summed E-state index contributed by atoms with van der Waals surface area (Å²) in [7, 11) is 2.84. The Morgan fingerprint density at radius 1 is 1.38 bits per heavy atom. The lowest BCUT2D eigenvalue weighted by molar-refractivity contribution is -0.281. The van der Waals surface area contributed by atoms with Gasteiger partial charge in [0.25, 0.3) is 0 Å². The maximum atomic E-state index is 12.0. The first-order chi connectivity index (χ1) is 10.1. The Balaban J connectivity index is 2.10. The van der Waals surface area contributed by atoms with Crippen LogP contribution < -0.4 is 5.73 Å². The fourth-order valence-corrected chi connectivity index (χ4v) is 2.73. The van der Waals surface area contributed by atoms with Crippen molar-refractivity contribution in [2.24, 2.45) is 5.73 Å². The van der Waals surface area contributed by atoms with Gasteiger partial charge in [0.2, 0.25) is 0 Å². The number of nitrogens with two attached hydrogens (primary N) is 1. The summed E-state index contributed by atoms with van der Waals surface area (Å²) in [4.78, 5) is 23.6. The summed E-state index contributed by atoms with van der Waals surface area (Å²) in [6, 6.07) is 9.60. The Hall–Kier alpha value is -1.47. The van der Waals surface area contributed by atoms with Crippen molar-refractivity contribution in [3.8, 4) is 0 Å². The second kappa shape index (κ2) is 7.00. The van der Waals surface area contributed by atoms with E-state index in [2.05, 4.69) is 4.89 Å². The Morgan fingerprint density at radius 2 is 2.10 bits per heavy atom. The zero-order chi connectivity index (χ0) is 15.3. The van der Waals surface area contributed by atoms with Crippen molar-refractivity contribution in [1.29, 1.82) is 0 Å². The molecule has 0 saturated carbocycles. The highest BCUT2D eigenvalue weighted by atomic mass is 17.2. The van der Waals surface area contributed by atoms with E-state index in [0.717, 1.165) is 5.56 Å². The molecule has 2 N–H and O–H groups in total. The van der Waals surface area contributed by atoms with E-state index in [9.17, 15) is 4.79 Å². The number of nitrogens with zero attached hydrogens (tertiary/aromatic N) is 1. The molecule has 2 atom stereocenters. The quantitative estimate of drug-likeness (QED) is 0.473. The summed E-state index contributed by atoms with van der Waals surface area (Å²) in [6.07, 6.45) is 0.482. The zero-order valence-corrected chi connectivity index (χ0v) is 12.5. The molecule has 1 aromatic carbocycles. The molecule has 1 aromatic rings. The molecule has 0 radical (unpaired) electrons. The monoisotopic (exact) mass is 294 g/mol. The van der Waals surface area contributed by atoms with Crippen LogP contribution in [0.25, 0.3) is 0 Å². The molecule has 0 aliphatic carbocycles. The molecule has 116 valence electrons. The third kappa shape index (κ3) is 4.01. The van der Waals surface area contributed by atoms with Gasteiger partial charge >= 0.3 is 5.97 Å². The third-order valence-electron chi connectivity index (χ3n) is 3.72. The first kappa shape index (κ1) is 15.9. The van der Waals surface area contributed by atoms with Gasteiger partial charge in [-0.3, -0.25) is 9.69 Å². The van der Waals surface area contributed by atoms with E-state index in [1.165, 1.54) is 14.2 Å². The van der Waals surface area contributed by atoms with Gasteiger partial charge < -0.3 is 10.5 Å². The van der Waals surface area contributed by atoms with Crippen LogP contribution in [-0.2, 0) is 25.9 Å². The van der Waals surface area contributed by atoms with Gasteiger partial charge in [0.1, 0.15) is 12.6 Å². The van der Waals surface area contributed by atoms with Gasteiger partial charge in [-0.25, -0.2) is 9.78 Å². The maximum absolute atomic E-state index is 12.0. The number of methoxy groups -OCH3 is 1. The number of hydrogen-bond acceptors (Lipinski definition) is 6. The van der Waals surface area contributed by atoms with Crippen LogP contribution in [0.15, 0.2) is 30.3 Å². The molecule has 2 rings (SSSR count). The minimum Gasteiger partial charge on any atom is -0.468 e. The molecule has 1 fully saturated rings. The van der Waals surface area contributed by atoms with Crippen LogP contribution in [0, 0.1) is 0 Å². The SMILES string of the molecule is COOC[C@]1(N)C[C@H](C(=O)OC)N(Cc2ccccc2)C1. The zero-order valence-electron chi connectivity index (χ0n) is 12.5. The number of ether oxygens (including phenoxy) is 1. The van der Waals surface area contributed by atoms with Crippen LogP contribution in [0.3, 0.4) is 0 Å². The van der Waals surface area contributed by atoms with Crippen molar-refractivity contribution in [3.63, 3.8) is 0 Å². The normalized spacial score (nSPS) is 26.0. The Morgan fingerprint density at radius 3 is 2.71 bits per heavy atom. The molecule has 0 unspecified atom stereocenters. The molecule has 6 nitrogen and oxygen atoms in total. The lowest BCUT2D eigenvalue weighted by Gasteiger charge is -2.24. The van der Waals surface area contributed by atoms with E-state index >= 15 is 0 Å². The highest BCUT2D eigenvalue weighted by Gasteiger charge is 2.45. The van der Waals surface area contributed by atoms with Crippen molar-refractivity contribution < 1.29 is 19.3 Å². The van der Waals surface area contributed by atoms with Crippen LogP contribution in [0.2, 0.25) is 0 Å². The number of rotatable bonds is 6. The molecule has 0 bridgehead atoms. The number of hydrogen-bond donors (Lipinski definition) is 1. The molecule has 1 heterocycles. The van der Waals surface area contributed by atoms with Crippen molar-refractivity contribution in [2.45, 2.75) is 24.5 Å². The third-order valence-corrected chi connectivity index (χ3v) is 3.72. The number of esters is 1. The maximum Gasteiger partial charge on any atom is 0.323 e. The standard InChI is InChI=1S/C15H22N2O4/c1-19-14(18)13-8-15(16,11-21-20-2)10-17(13)9-12-6-4-3-5-7-12/h3-7,13H,8-11,16H2,1-2H3/t13-,15+/m1/s1. The molecule has 1 aliphatic rings. The second-order valence-electron chi connectivity index (χ2n) is 5.42. The van der Waals surface area contributed by atoms with E-state index in [4.69, 9.17) is 15.4 Å². The van der Waals surface area contributed by atoms with Gasteiger partial charge in [-0.1, -0.05) is 30.3 Å². The molecule has 1 aliphatic heterocycles. The Bertz CT molecular complexity index is 468. The lowest BCUT2D eigenvalue weighted by atomic mass is 9.99. The predicted octanol–water partition coefficient (Wildman–Crippen LogP) is 0.709. The average molecular weight is 294 g/mol. The van der Waals surface area contributed by atoms with Gasteiger partial charge in [-0.15, -0.1) is 0 Å². The van der Waals surface area contributed by atoms with E-state index < -0.39 is 5.54 Å². The lowest BCUT2D eigenvalue weighted by Crippen LogP contribution is -2.46. The van der Waals surface area contributed by atoms with Gasteiger partial charge in [0.15, 0.2) is 0 Å². The van der Waals surface area contributed by atoms with E-state index in [-0.39, 0.29) is 18.6 Å². The smallest absolute Gasteiger partial charge is 0.323 e. The van der Waals surface area contributed by atoms with Crippen LogP contribution in [0.4, 0.5) is 0 Å². The summed E-state index contributed by atoms with van der Waals surface area (Å²) in [5.41, 5.74) is 6.82. The van der Waals surface area contributed by atoms with E-state index in [1.54, 1.807) is 0 Å². The Kier molecular flexibility index (Phi) is 5.30. The van der Waals surface area contributed by atoms with E-state index in [0.29, 0.717) is 19.5 Å². The summed E-state index contributed by atoms with van der Waals surface area (Å²) in [5, 5.41) is 0. The van der Waals surface area contributed by atoms with Crippen molar-refractivity contribution >= 4 is 5.97 Å². The van der Waals surface area contributed by atoms with Crippen LogP contribution in [0.5, 0.6) is 0 Å². The number of carbonyl (C=O) groups excluding carboxylic acids is 1. The molecule has 0 aromatic heterocycles. The molecule has 1 saturated heterocycles. The Labute approximate surface area is 124 Å². The van der Waals surface area contributed by atoms with Crippen molar-refractivity contribution in [3.05, 3.63) is 35.9 Å². The predicted molar refractivity (Wildman–Crippen MR) is 77.2 cm³/mol. The summed E-state index contributed by atoms with van der Waals surface area (Å²) >= 11 is 0. The number of carbonyl (C=O) groups is 1. The van der Waals surface area contributed by atoms with Crippen LogP contribution in [0.1, 0.15) is 12.0 Å². The molecular weight excluding hydrogens is 272 g/mol. The fourth-order valence-electron chi connectivity index (χ4n) is 2.73. The van der Waals surface area contributed by atoms with Crippen LogP contribution >= 0.6 is 0 Å². The summed E-state index contributed by atoms with van der Waals surface area (Å²) in [6.45, 7) is 1.43. The van der Waals surface area contributed by atoms with Crippen molar-refractivity contribution in [2.75, 3.05) is 27.4 Å². The largest absolute Gasteiger partial charge is 0.468 e. The highest BCUT2D eigenvalue weighted by Crippen LogP contribution is 2.28. The second-order valence-corrected chi connectivity index (χ2v) is 5.42. The first-order valence-electron chi connectivity index (χ1n) is 6.88. The molecule has 21 heavy (non-hydrogen) atoms. The van der Waals surface area contributed by atoms with E-state index in [1.807, 2.05) is 35.2 Å². The molecular formula is C15H22N2O4. The molecule has 0 amide bonds. The minimum absolute atomic E-state index is 0.238. The average Bonchev–Trinajstić information content (AvgIpc) is 2.83. The summed E-state index contributed by atoms with van der Waals surface area (Å²) in [5.74, 6) is -0.268. The number of benzene rings is 1. The summed E-state index contributed by atoms with van der Waals surface area (Å²) < 4.78 is 4.89. The van der Waals surface area contributed by atoms with Gasteiger partial charge in [-0.2, -0.15) is 0 Å². The van der Waals surface area contributed by atoms with Gasteiger partial charge in [0, 0.05) is 13.1 Å². The first-order valence-corrected chi connectivity index (χ1v) is 6.88. The van der Waals surface area contributed by atoms with Crippen LogP contribution in [-0.4, -0.2) is 49.8 Å². The molecule has 6 heteroatoms. The van der Waals surface area contributed by atoms with Gasteiger partial charge in [-0.05, 0) is 12.0 Å². The minimum atomic E-state index is -0.621. The van der Waals surface area contributed by atoms with Gasteiger partial charge in [0.05, 0.1) is 19.8 Å². The fraction of sp³-hybridized carbons (Fsp3) is 0.533. The number of likely N-dealkylation sites (tertiary alicyclic amines) is 1. The highest BCUT2D eigenvalue weighted by molar-refractivity contribution is 5.76. The topological polar surface area (TPSA) is 74.0 Å².